The molecule has 1 heterocycles. The maximum absolute atomic E-state index is 10.2. The van der Waals surface area contributed by atoms with Crippen molar-refractivity contribution in [3.8, 4) is 5.75 Å². The van der Waals surface area contributed by atoms with E-state index in [1.165, 1.54) is 19.3 Å². The number of aliphatic hydroxyl groups excluding tert-OH is 1. The number of likely N-dealkylation sites (tertiary alicyclic amines) is 1. The SMILES string of the molecule is COc1ccc(C(O)CN2CCCCC2)cc1N. The number of methoxy groups -OCH3 is 1. The molecule has 100 valence electrons. The minimum Gasteiger partial charge on any atom is -0.495 e. The summed E-state index contributed by atoms with van der Waals surface area (Å²) in [4.78, 5) is 2.31. The number of nitrogen functional groups attached to an aromatic ring is 1. The van der Waals surface area contributed by atoms with Crippen molar-refractivity contribution in [3.05, 3.63) is 23.8 Å². The maximum Gasteiger partial charge on any atom is 0.141 e. The van der Waals surface area contributed by atoms with E-state index in [9.17, 15) is 5.11 Å². The lowest BCUT2D eigenvalue weighted by Crippen LogP contribution is -2.33. The average Bonchev–Trinajstić information content (AvgIpc) is 2.39. The zero-order valence-electron chi connectivity index (χ0n) is 10.9. The van der Waals surface area contributed by atoms with Crippen LogP contribution in [0, 0.1) is 0 Å². The van der Waals surface area contributed by atoms with E-state index in [4.69, 9.17) is 10.5 Å². The zero-order valence-corrected chi connectivity index (χ0v) is 10.9. The van der Waals surface area contributed by atoms with Crippen LogP contribution >= 0.6 is 0 Å². The van der Waals surface area contributed by atoms with Crippen molar-refractivity contribution in [1.29, 1.82) is 0 Å². The van der Waals surface area contributed by atoms with Crippen molar-refractivity contribution >= 4 is 5.69 Å². The summed E-state index contributed by atoms with van der Waals surface area (Å²) in [6.45, 7) is 2.86. The second-order valence-corrected chi connectivity index (χ2v) is 4.88. The molecule has 0 radical (unpaired) electrons. The molecule has 1 aromatic carbocycles. The van der Waals surface area contributed by atoms with Gasteiger partial charge in [-0.05, 0) is 43.6 Å². The first-order chi connectivity index (χ1) is 8.70. The normalized spacial score (nSPS) is 18.6. The summed E-state index contributed by atoms with van der Waals surface area (Å²) in [5.41, 5.74) is 7.29. The number of rotatable bonds is 4. The molecule has 1 aliphatic heterocycles. The molecule has 1 saturated heterocycles. The molecule has 1 fully saturated rings. The number of β-amino-alcohol motifs (C(OH)–C–C–N with tert-alkyl or cyclic N) is 1. The van der Waals surface area contributed by atoms with Gasteiger partial charge in [0.05, 0.1) is 18.9 Å². The predicted molar refractivity (Wildman–Crippen MR) is 72.7 cm³/mol. The number of benzene rings is 1. The third kappa shape index (κ3) is 3.15. The highest BCUT2D eigenvalue weighted by Crippen LogP contribution is 2.26. The van der Waals surface area contributed by atoms with Crippen LogP contribution in [0.5, 0.6) is 5.75 Å². The van der Waals surface area contributed by atoms with Crippen LogP contribution in [0.15, 0.2) is 18.2 Å². The van der Waals surface area contributed by atoms with Gasteiger partial charge in [0.25, 0.3) is 0 Å². The van der Waals surface area contributed by atoms with Crippen molar-refractivity contribution < 1.29 is 9.84 Å². The first kappa shape index (κ1) is 13.2. The maximum atomic E-state index is 10.2. The van der Waals surface area contributed by atoms with Crippen LogP contribution in [0.3, 0.4) is 0 Å². The minimum absolute atomic E-state index is 0.476. The molecular weight excluding hydrogens is 228 g/mol. The number of nitrogens with zero attached hydrogens (tertiary/aromatic N) is 1. The molecule has 3 N–H and O–H groups in total. The van der Waals surface area contributed by atoms with E-state index >= 15 is 0 Å². The molecule has 4 nitrogen and oxygen atoms in total. The van der Waals surface area contributed by atoms with Crippen molar-refractivity contribution in [1.82, 2.24) is 4.90 Å². The minimum atomic E-state index is -0.476. The van der Waals surface area contributed by atoms with Gasteiger partial charge in [0.2, 0.25) is 0 Å². The molecule has 4 heteroatoms. The monoisotopic (exact) mass is 250 g/mol. The van der Waals surface area contributed by atoms with Gasteiger partial charge in [-0.3, -0.25) is 0 Å². The van der Waals surface area contributed by atoms with Crippen molar-refractivity contribution in [3.63, 3.8) is 0 Å². The van der Waals surface area contributed by atoms with E-state index in [-0.39, 0.29) is 0 Å². The molecule has 0 saturated carbocycles. The molecule has 0 bridgehead atoms. The summed E-state index contributed by atoms with van der Waals surface area (Å²) < 4.78 is 5.11. The Labute approximate surface area is 108 Å². The molecule has 18 heavy (non-hydrogen) atoms. The van der Waals surface area contributed by atoms with Crippen LogP contribution < -0.4 is 10.5 Å². The van der Waals surface area contributed by atoms with Crippen molar-refractivity contribution in [2.45, 2.75) is 25.4 Å². The molecule has 0 spiro atoms. The lowest BCUT2D eigenvalue weighted by Gasteiger charge is -2.28. The van der Waals surface area contributed by atoms with Crippen molar-refractivity contribution in [2.75, 3.05) is 32.5 Å². The quantitative estimate of drug-likeness (QED) is 0.800. The Balaban J connectivity index is 1.99. The van der Waals surface area contributed by atoms with E-state index in [0.717, 1.165) is 18.7 Å². The average molecular weight is 250 g/mol. The largest absolute Gasteiger partial charge is 0.495 e. The summed E-state index contributed by atoms with van der Waals surface area (Å²) >= 11 is 0. The summed E-state index contributed by atoms with van der Waals surface area (Å²) in [6.07, 6.45) is 3.30. The first-order valence-electron chi connectivity index (χ1n) is 6.54. The van der Waals surface area contributed by atoms with Crippen LogP contribution in [-0.2, 0) is 0 Å². The second kappa shape index (κ2) is 6.07. The lowest BCUT2D eigenvalue weighted by molar-refractivity contribution is 0.101. The first-order valence-corrected chi connectivity index (χ1v) is 6.54. The standard InChI is InChI=1S/C14H22N2O2/c1-18-14-6-5-11(9-12(14)15)13(17)10-16-7-3-2-4-8-16/h5-6,9,13,17H,2-4,7-8,10,15H2,1H3. The van der Waals surface area contributed by atoms with Crippen molar-refractivity contribution in [2.24, 2.45) is 0 Å². The number of piperidine rings is 1. The van der Waals surface area contributed by atoms with Crippen LogP contribution in [0.1, 0.15) is 30.9 Å². The fraction of sp³-hybridized carbons (Fsp3) is 0.571. The van der Waals surface area contributed by atoms with Crippen LogP contribution in [-0.4, -0.2) is 36.8 Å². The van der Waals surface area contributed by atoms with Gasteiger partial charge in [-0.1, -0.05) is 12.5 Å². The highest BCUT2D eigenvalue weighted by molar-refractivity contribution is 5.54. The summed E-state index contributed by atoms with van der Waals surface area (Å²) in [5.74, 6) is 0.656. The zero-order chi connectivity index (χ0) is 13.0. The molecule has 0 aliphatic carbocycles. The molecule has 1 atom stereocenters. The molecule has 0 aromatic heterocycles. The molecule has 0 amide bonds. The number of nitrogens with two attached hydrogens (primary N) is 1. The fourth-order valence-corrected chi connectivity index (χ4v) is 2.45. The topological polar surface area (TPSA) is 58.7 Å². The summed E-state index contributed by atoms with van der Waals surface area (Å²) in [5, 5.41) is 10.2. The van der Waals surface area contributed by atoms with E-state index in [0.29, 0.717) is 18.0 Å². The number of ether oxygens (including phenoxy) is 1. The Morgan fingerprint density at radius 3 is 2.67 bits per heavy atom. The molecule has 1 aliphatic rings. The van der Waals surface area contributed by atoms with Gasteiger partial charge in [-0.25, -0.2) is 0 Å². The van der Waals surface area contributed by atoms with Gasteiger partial charge in [0, 0.05) is 6.54 Å². The molecule has 2 rings (SSSR count). The molecular formula is C14H22N2O2. The smallest absolute Gasteiger partial charge is 0.141 e. The Kier molecular flexibility index (Phi) is 4.44. The number of aliphatic hydroxyl groups is 1. The van der Waals surface area contributed by atoms with Gasteiger partial charge in [-0.2, -0.15) is 0 Å². The Hall–Kier alpha value is -1.26. The van der Waals surface area contributed by atoms with Crippen LogP contribution in [0.4, 0.5) is 5.69 Å². The van der Waals surface area contributed by atoms with Gasteiger partial charge < -0.3 is 20.5 Å². The Morgan fingerprint density at radius 1 is 1.33 bits per heavy atom. The second-order valence-electron chi connectivity index (χ2n) is 4.88. The Bertz CT molecular complexity index is 389. The van der Waals surface area contributed by atoms with E-state index in [2.05, 4.69) is 4.90 Å². The summed E-state index contributed by atoms with van der Waals surface area (Å²) in [7, 11) is 1.59. The highest BCUT2D eigenvalue weighted by atomic mass is 16.5. The third-order valence-electron chi connectivity index (χ3n) is 3.52. The van der Waals surface area contributed by atoms with Crippen LogP contribution in [0.2, 0.25) is 0 Å². The Morgan fingerprint density at radius 2 is 2.06 bits per heavy atom. The van der Waals surface area contributed by atoms with Gasteiger partial charge in [0.15, 0.2) is 0 Å². The summed E-state index contributed by atoms with van der Waals surface area (Å²) in [6, 6.07) is 5.49. The molecule has 1 unspecified atom stereocenters. The van der Waals surface area contributed by atoms with Crippen LogP contribution in [0.25, 0.3) is 0 Å². The lowest BCUT2D eigenvalue weighted by atomic mass is 10.1. The van der Waals surface area contributed by atoms with E-state index in [1.54, 1.807) is 13.2 Å². The number of anilines is 1. The van der Waals surface area contributed by atoms with Gasteiger partial charge >= 0.3 is 0 Å². The fourth-order valence-electron chi connectivity index (χ4n) is 2.45. The predicted octanol–water partition coefficient (Wildman–Crippen LogP) is 1.80. The van der Waals surface area contributed by atoms with Gasteiger partial charge in [-0.15, -0.1) is 0 Å². The highest BCUT2D eigenvalue weighted by Gasteiger charge is 2.16. The van der Waals surface area contributed by atoms with E-state index in [1.807, 2.05) is 12.1 Å². The number of hydrogen-bond donors (Lipinski definition) is 2. The molecule has 1 aromatic rings. The third-order valence-corrected chi connectivity index (χ3v) is 3.52. The van der Waals surface area contributed by atoms with Gasteiger partial charge in [0.1, 0.15) is 5.75 Å². The number of hydrogen-bond acceptors (Lipinski definition) is 4. The van der Waals surface area contributed by atoms with E-state index < -0.39 is 6.10 Å².